The maximum Gasteiger partial charge on any atom is 0.248 e. The molecule has 0 aliphatic heterocycles. The summed E-state index contributed by atoms with van der Waals surface area (Å²) in [5, 5.41) is 5.25. The first-order chi connectivity index (χ1) is 16.5. The molecule has 3 aromatic carbocycles. The van der Waals surface area contributed by atoms with Crippen molar-refractivity contribution in [3.05, 3.63) is 99.7 Å². The monoisotopic (exact) mass is 524 g/mol. The number of furan rings is 1. The van der Waals surface area contributed by atoms with Gasteiger partial charge in [-0.25, -0.2) is 4.98 Å². The Balaban J connectivity index is 1.31. The number of thiazole rings is 1. The molecule has 0 atom stereocenters. The Hall–Kier alpha value is -3.09. The van der Waals surface area contributed by atoms with Gasteiger partial charge in [0.2, 0.25) is 5.91 Å². The van der Waals surface area contributed by atoms with Crippen LogP contribution in [-0.4, -0.2) is 10.9 Å². The fourth-order valence-electron chi connectivity index (χ4n) is 3.37. The number of para-hydroxylation sites is 1. The van der Waals surface area contributed by atoms with Gasteiger partial charge in [0.1, 0.15) is 16.5 Å². The molecule has 168 valence electrons. The number of hydrogen-bond donors (Lipinski definition) is 1. The molecule has 0 aliphatic rings. The second-order valence-corrected chi connectivity index (χ2v) is 9.61. The van der Waals surface area contributed by atoms with Crippen LogP contribution in [0.5, 0.6) is 0 Å². The molecule has 0 saturated carbocycles. The maximum absolute atomic E-state index is 12.5. The van der Waals surface area contributed by atoms with Crippen molar-refractivity contribution >= 4 is 74.0 Å². The van der Waals surface area contributed by atoms with E-state index in [9.17, 15) is 4.79 Å². The lowest BCUT2D eigenvalue weighted by Gasteiger charge is -2.06. The molecule has 0 radical (unpaired) electrons. The molecule has 0 bridgehead atoms. The van der Waals surface area contributed by atoms with Crippen LogP contribution in [0.1, 0.15) is 5.76 Å². The zero-order valence-corrected chi connectivity index (χ0v) is 20.5. The van der Waals surface area contributed by atoms with E-state index in [0.29, 0.717) is 32.3 Å². The van der Waals surface area contributed by atoms with Gasteiger partial charge in [-0.3, -0.25) is 4.79 Å². The smallest absolute Gasteiger partial charge is 0.248 e. The van der Waals surface area contributed by atoms with E-state index in [2.05, 4.69) is 10.3 Å². The highest BCUT2D eigenvalue weighted by molar-refractivity contribution is 7.21. The summed E-state index contributed by atoms with van der Waals surface area (Å²) in [6.45, 7) is 0. The first-order valence-electron chi connectivity index (χ1n) is 10.2. The van der Waals surface area contributed by atoms with Gasteiger partial charge < -0.3 is 9.73 Å². The standard InChI is InChI=1S/C26H15Cl3N2O2S/c27-15-5-9-18(21(29)13-15)23-11-7-17(33-23)8-12-25(32)30-16-6-10-20(28)19(14-16)26-31-22-3-1-2-4-24(22)34-26/h1-14H,(H,30,32)/b12-8+. The third kappa shape index (κ3) is 4.88. The van der Waals surface area contributed by atoms with Gasteiger partial charge in [0.25, 0.3) is 0 Å². The average molecular weight is 526 g/mol. The Labute approximate surface area is 214 Å². The minimum absolute atomic E-state index is 0.306. The van der Waals surface area contributed by atoms with E-state index in [4.69, 9.17) is 39.2 Å². The van der Waals surface area contributed by atoms with Gasteiger partial charge in [-0.2, -0.15) is 0 Å². The van der Waals surface area contributed by atoms with Crippen molar-refractivity contribution in [3.63, 3.8) is 0 Å². The largest absolute Gasteiger partial charge is 0.457 e. The summed E-state index contributed by atoms with van der Waals surface area (Å²) in [5.41, 5.74) is 3.01. The lowest BCUT2D eigenvalue weighted by molar-refractivity contribution is -0.111. The van der Waals surface area contributed by atoms with Gasteiger partial charge in [-0.05, 0) is 66.7 Å². The molecule has 0 saturated heterocycles. The number of fused-ring (bicyclic) bond motifs is 1. The summed E-state index contributed by atoms with van der Waals surface area (Å²) >= 11 is 20.2. The summed E-state index contributed by atoms with van der Waals surface area (Å²) in [7, 11) is 0. The second kappa shape index (κ2) is 9.65. The molecule has 0 fully saturated rings. The van der Waals surface area contributed by atoms with E-state index >= 15 is 0 Å². The van der Waals surface area contributed by atoms with Gasteiger partial charge >= 0.3 is 0 Å². The molecule has 34 heavy (non-hydrogen) atoms. The molecule has 5 rings (SSSR count). The summed E-state index contributed by atoms with van der Waals surface area (Å²) in [5.74, 6) is 0.794. The Morgan fingerprint density at radius 3 is 2.59 bits per heavy atom. The van der Waals surface area contributed by atoms with Gasteiger partial charge in [0.05, 0.1) is 20.3 Å². The minimum atomic E-state index is -0.306. The normalized spacial score (nSPS) is 11.4. The van der Waals surface area contributed by atoms with Crippen LogP contribution in [0.2, 0.25) is 15.1 Å². The number of anilines is 1. The van der Waals surface area contributed by atoms with Crippen LogP contribution in [0, 0.1) is 0 Å². The number of carbonyl (C=O) groups is 1. The molecule has 4 nitrogen and oxygen atoms in total. The SMILES string of the molecule is O=C(/C=C/c1ccc(-c2ccc(Cl)cc2Cl)o1)Nc1ccc(Cl)c(-c2nc3ccccc3s2)c1. The van der Waals surface area contributed by atoms with Crippen LogP contribution >= 0.6 is 46.1 Å². The maximum atomic E-state index is 12.5. The third-order valence-electron chi connectivity index (χ3n) is 4.98. The van der Waals surface area contributed by atoms with Gasteiger partial charge in [-0.15, -0.1) is 11.3 Å². The first-order valence-corrected chi connectivity index (χ1v) is 12.1. The molecule has 1 amide bonds. The number of hydrogen-bond acceptors (Lipinski definition) is 4. The zero-order chi connectivity index (χ0) is 23.7. The number of benzene rings is 3. The van der Waals surface area contributed by atoms with E-state index in [1.165, 1.54) is 6.08 Å². The summed E-state index contributed by atoms with van der Waals surface area (Å²) in [6.07, 6.45) is 2.99. The van der Waals surface area contributed by atoms with E-state index in [1.54, 1.807) is 59.9 Å². The van der Waals surface area contributed by atoms with Gasteiger partial charge in [-0.1, -0.05) is 46.9 Å². The zero-order valence-electron chi connectivity index (χ0n) is 17.4. The molecular weight excluding hydrogens is 511 g/mol. The van der Waals surface area contributed by atoms with Crippen LogP contribution in [0.25, 0.3) is 38.2 Å². The Bertz CT molecular complexity index is 1520. The van der Waals surface area contributed by atoms with Crippen LogP contribution in [-0.2, 0) is 4.79 Å². The third-order valence-corrected chi connectivity index (χ3v) is 6.93. The van der Waals surface area contributed by atoms with Crippen molar-refractivity contribution in [2.45, 2.75) is 0 Å². The Morgan fingerprint density at radius 2 is 1.76 bits per heavy atom. The molecular formula is C26H15Cl3N2O2S. The van der Waals surface area contributed by atoms with E-state index in [-0.39, 0.29) is 5.91 Å². The van der Waals surface area contributed by atoms with E-state index in [0.717, 1.165) is 26.4 Å². The fourth-order valence-corrected chi connectivity index (χ4v) is 5.13. The van der Waals surface area contributed by atoms with Crippen molar-refractivity contribution < 1.29 is 9.21 Å². The van der Waals surface area contributed by atoms with Crippen LogP contribution in [0.4, 0.5) is 5.69 Å². The highest BCUT2D eigenvalue weighted by atomic mass is 35.5. The molecule has 2 heterocycles. The second-order valence-electron chi connectivity index (χ2n) is 7.33. The van der Waals surface area contributed by atoms with Crippen molar-refractivity contribution in [2.75, 3.05) is 5.32 Å². The number of nitrogens with one attached hydrogen (secondary N) is 1. The van der Waals surface area contributed by atoms with E-state index in [1.807, 2.05) is 30.3 Å². The summed E-state index contributed by atoms with van der Waals surface area (Å²) in [6, 6.07) is 21.9. The fraction of sp³-hybridized carbons (Fsp3) is 0. The van der Waals surface area contributed by atoms with Gasteiger partial charge in [0.15, 0.2) is 0 Å². The minimum Gasteiger partial charge on any atom is -0.457 e. The number of nitrogens with zero attached hydrogens (tertiary/aromatic N) is 1. The molecule has 8 heteroatoms. The van der Waals surface area contributed by atoms with Gasteiger partial charge in [0, 0.05) is 27.9 Å². The number of rotatable bonds is 5. The molecule has 0 spiro atoms. The quantitative estimate of drug-likeness (QED) is 0.233. The summed E-state index contributed by atoms with van der Waals surface area (Å²) < 4.78 is 6.87. The highest BCUT2D eigenvalue weighted by Crippen LogP contribution is 2.36. The molecule has 0 unspecified atom stereocenters. The van der Waals surface area contributed by atoms with E-state index < -0.39 is 0 Å². The van der Waals surface area contributed by atoms with Crippen molar-refractivity contribution in [1.82, 2.24) is 4.98 Å². The van der Waals surface area contributed by atoms with Crippen molar-refractivity contribution in [3.8, 4) is 21.9 Å². The topological polar surface area (TPSA) is 55.1 Å². The predicted octanol–water partition coefficient (Wildman–Crippen LogP) is 8.84. The Morgan fingerprint density at radius 1 is 0.912 bits per heavy atom. The highest BCUT2D eigenvalue weighted by Gasteiger charge is 2.12. The predicted molar refractivity (Wildman–Crippen MR) is 142 cm³/mol. The van der Waals surface area contributed by atoms with Crippen molar-refractivity contribution in [2.24, 2.45) is 0 Å². The number of halogens is 3. The van der Waals surface area contributed by atoms with Crippen LogP contribution in [0.15, 0.2) is 83.3 Å². The summed E-state index contributed by atoms with van der Waals surface area (Å²) in [4.78, 5) is 17.2. The molecule has 5 aromatic rings. The lowest BCUT2D eigenvalue weighted by atomic mass is 10.2. The number of carbonyl (C=O) groups excluding carboxylic acids is 1. The Kier molecular flexibility index (Phi) is 6.44. The average Bonchev–Trinajstić information content (AvgIpc) is 3.46. The van der Waals surface area contributed by atoms with Crippen LogP contribution < -0.4 is 5.32 Å². The number of amides is 1. The lowest BCUT2D eigenvalue weighted by Crippen LogP contribution is -2.07. The molecule has 2 aromatic heterocycles. The first kappa shape index (κ1) is 22.7. The van der Waals surface area contributed by atoms with Crippen molar-refractivity contribution in [1.29, 1.82) is 0 Å². The number of aromatic nitrogens is 1. The molecule has 0 aliphatic carbocycles. The van der Waals surface area contributed by atoms with Crippen LogP contribution in [0.3, 0.4) is 0 Å². The molecule has 1 N–H and O–H groups in total.